The maximum Gasteiger partial charge on any atom is 0.321 e. The first-order valence-electron chi connectivity index (χ1n) is 6.74. The first-order valence-corrected chi connectivity index (χ1v) is 6.74. The number of nitrogens with one attached hydrogen (secondary N) is 1. The lowest BCUT2D eigenvalue weighted by atomic mass is 10.2. The number of carbonyl (C=O) groups excluding carboxylic acids is 1. The third-order valence-electron chi connectivity index (χ3n) is 3.36. The highest BCUT2D eigenvalue weighted by molar-refractivity contribution is 5.90. The van der Waals surface area contributed by atoms with Crippen molar-refractivity contribution in [2.45, 2.75) is 12.8 Å². The normalized spacial score (nSPS) is 14.6. The van der Waals surface area contributed by atoms with E-state index in [2.05, 4.69) is 15.4 Å². The molecule has 0 spiro atoms. The smallest absolute Gasteiger partial charge is 0.321 e. The fraction of sp³-hybridized carbons (Fsp3) is 0.357. The third-order valence-corrected chi connectivity index (χ3v) is 3.36. The summed E-state index contributed by atoms with van der Waals surface area (Å²) in [6.07, 6.45) is 3.83. The highest BCUT2D eigenvalue weighted by Crippen LogP contribution is 2.19. The molecule has 6 nitrogen and oxygen atoms in total. The van der Waals surface area contributed by atoms with Crippen LogP contribution in [0.4, 0.5) is 10.5 Å². The molecule has 2 heterocycles. The molecule has 1 aromatic carbocycles. The zero-order chi connectivity index (χ0) is 13.9. The second-order valence-electron chi connectivity index (χ2n) is 4.95. The molecule has 0 atom stereocenters. The number of nitrogens with zero attached hydrogens (tertiary/aromatic N) is 4. The lowest BCUT2D eigenvalue weighted by molar-refractivity contribution is 0.222. The molecule has 0 bridgehead atoms. The molecule has 6 heteroatoms. The average Bonchev–Trinajstić information content (AvgIpc) is 3.10. The molecule has 0 saturated carbocycles. The van der Waals surface area contributed by atoms with Gasteiger partial charge in [0.2, 0.25) is 0 Å². The van der Waals surface area contributed by atoms with Crippen LogP contribution in [-0.4, -0.2) is 38.8 Å². The van der Waals surface area contributed by atoms with E-state index in [0.29, 0.717) is 5.82 Å². The van der Waals surface area contributed by atoms with Gasteiger partial charge in [-0.25, -0.2) is 9.78 Å². The number of aromatic nitrogens is 3. The molecule has 1 N–H and O–H groups in total. The van der Waals surface area contributed by atoms with Crippen molar-refractivity contribution in [3.63, 3.8) is 0 Å². The lowest BCUT2D eigenvalue weighted by Gasteiger charge is -2.16. The minimum atomic E-state index is -0.0337. The maximum atomic E-state index is 12.0. The van der Waals surface area contributed by atoms with Gasteiger partial charge in [-0.3, -0.25) is 4.68 Å². The van der Waals surface area contributed by atoms with Gasteiger partial charge in [-0.15, -0.1) is 0 Å². The molecule has 1 saturated heterocycles. The first-order chi connectivity index (χ1) is 9.72. The van der Waals surface area contributed by atoms with Crippen LogP contribution in [0.25, 0.3) is 11.4 Å². The van der Waals surface area contributed by atoms with Gasteiger partial charge in [0.15, 0.2) is 5.82 Å². The van der Waals surface area contributed by atoms with E-state index in [1.807, 2.05) is 36.2 Å². The van der Waals surface area contributed by atoms with Crippen LogP contribution >= 0.6 is 0 Å². The minimum Gasteiger partial charge on any atom is -0.325 e. The number of urea groups is 1. The monoisotopic (exact) mass is 271 g/mol. The summed E-state index contributed by atoms with van der Waals surface area (Å²) < 4.78 is 1.66. The van der Waals surface area contributed by atoms with E-state index in [1.165, 1.54) is 0 Å². The molecular weight excluding hydrogens is 254 g/mol. The number of carbonyl (C=O) groups is 1. The van der Waals surface area contributed by atoms with E-state index in [1.54, 1.807) is 11.0 Å². The Morgan fingerprint density at radius 1 is 1.30 bits per heavy atom. The van der Waals surface area contributed by atoms with Crippen LogP contribution in [0.15, 0.2) is 30.6 Å². The van der Waals surface area contributed by atoms with Crippen molar-refractivity contribution in [3.8, 4) is 11.4 Å². The van der Waals surface area contributed by atoms with Gasteiger partial charge in [0.25, 0.3) is 0 Å². The molecule has 0 aliphatic carbocycles. The Morgan fingerprint density at radius 3 is 2.80 bits per heavy atom. The highest BCUT2D eigenvalue weighted by Gasteiger charge is 2.17. The van der Waals surface area contributed by atoms with Crippen LogP contribution in [0.5, 0.6) is 0 Å². The summed E-state index contributed by atoms with van der Waals surface area (Å²) >= 11 is 0. The van der Waals surface area contributed by atoms with Crippen LogP contribution in [0.3, 0.4) is 0 Å². The van der Waals surface area contributed by atoms with Crippen LogP contribution in [0.1, 0.15) is 12.8 Å². The third kappa shape index (κ3) is 2.64. The van der Waals surface area contributed by atoms with Crippen molar-refractivity contribution in [3.05, 3.63) is 30.6 Å². The Kier molecular flexibility index (Phi) is 3.37. The SMILES string of the molecule is Cn1cnc(-c2cccc(NC(=O)N3CCCC3)c2)n1. The van der Waals surface area contributed by atoms with Crippen LogP contribution < -0.4 is 5.32 Å². The Morgan fingerprint density at radius 2 is 2.10 bits per heavy atom. The Hall–Kier alpha value is -2.37. The summed E-state index contributed by atoms with van der Waals surface area (Å²) in [6, 6.07) is 7.56. The Labute approximate surface area is 117 Å². The zero-order valence-electron chi connectivity index (χ0n) is 11.4. The largest absolute Gasteiger partial charge is 0.325 e. The molecule has 3 rings (SSSR count). The molecule has 2 amide bonds. The van der Waals surface area contributed by atoms with Crippen molar-refractivity contribution < 1.29 is 4.79 Å². The Balaban J connectivity index is 1.75. The molecule has 0 radical (unpaired) electrons. The number of rotatable bonds is 2. The maximum absolute atomic E-state index is 12.0. The van der Waals surface area contributed by atoms with Crippen molar-refractivity contribution in [2.75, 3.05) is 18.4 Å². The second-order valence-corrected chi connectivity index (χ2v) is 4.95. The fourth-order valence-electron chi connectivity index (χ4n) is 2.33. The summed E-state index contributed by atoms with van der Waals surface area (Å²) in [5.41, 5.74) is 1.66. The summed E-state index contributed by atoms with van der Waals surface area (Å²) in [5, 5.41) is 7.19. The van der Waals surface area contributed by atoms with Crippen molar-refractivity contribution in [2.24, 2.45) is 7.05 Å². The van der Waals surface area contributed by atoms with E-state index in [9.17, 15) is 4.79 Å². The van der Waals surface area contributed by atoms with Gasteiger partial charge < -0.3 is 10.2 Å². The van der Waals surface area contributed by atoms with Gasteiger partial charge in [-0.2, -0.15) is 5.10 Å². The number of hydrogen-bond acceptors (Lipinski definition) is 3. The summed E-state index contributed by atoms with van der Waals surface area (Å²) in [5.74, 6) is 0.657. The number of benzene rings is 1. The van der Waals surface area contributed by atoms with E-state index in [4.69, 9.17) is 0 Å². The van der Waals surface area contributed by atoms with Crippen molar-refractivity contribution in [1.82, 2.24) is 19.7 Å². The zero-order valence-corrected chi connectivity index (χ0v) is 11.4. The predicted octanol–water partition coefficient (Wildman–Crippen LogP) is 2.11. The molecule has 0 unspecified atom stereocenters. The molecule has 1 aliphatic rings. The number of hydrogen-bond donors (Lipinski definition) is 1. The van der Waals surface area contributed by atoms with Crippen LogP contribution in [0.2, 0.25) is 0 Å². The molecule has 104 valence electrons. The van der Waals surface area contributed by atoms with E-state index in [-0.39, 0.29) is 6.03 Å². The number of amides is 2. The van der Waals surface area contributed by atoms with Gasteiger partial charge in [0.1, 0.15) is 6.33 Å². The fourth-order valence-corrected chi connectivity index (χ4v) is 2.33. The summed E-state index contributed by atoms with van der Waals surface area (Å²) in [4.78, 5) is 18.1. The minimum absolute atomic E-state index is 0.0337. The van der Waals surface area contributed by atoms with Crippen molar-refractivity contribution >= 4 is 11.7 Å². The first kappa shape index (κ1) is 12.7. The van der Waals surface area contributed by atoms with Gasteiger partial charge in [-0.05, 0) is 25.0 Å². The topological polar surface area (TPSA) is 63.1 Å². The van der Waals surface area contributed by atoms with Gasteiger partial charge >= 0.3 is 6.03 Å². The Bertz CT molecular complexity index is 616. The van der Waals surface area contributed by atoms with Crippen LogP contribution in [-0.2, 0) is 7.05 Å². The second kappa shape index (κ2) is 5.32. The number of aryl methyl sites for hydroxylation is 1. The standard InChI is InChI=1S/C14H17N5O/c1-18-10-15-13(17-18)11-5-4-6-12(9-11)16-14(20)19-7-2-3-8-19/h4-6,9-10H,2-3,7-8H2,1H3,(H,16,20). The van der Waals surface area contributed by atoms with Gasteiger partial charge in [0.05, 0.1) is 0 Å². The van der Waals surface area contributed by atoms with E-state index >= 15 is 0 Å². The number of anilines is 1. The summed E-state index contributed by atoms with van der Waals surface area (Å²) in [7, 11) is 1.83. The van der Waals surface area contributed by atoms with Gasteiger partial charge in [0, 0.05) is 31.4 Å². The number of likely N-dealkylation sites (tertiary alicyclic amines) is 1. The van der Waals surface area contributed by atoms with E-state index in [0.717, 1.165) is 37.2 Å². The molecular formula is C14H17N5O. The molecule has 1 aromatic heterocycles. The molecule has 20 heavy (non-hydrogen) atoms. The van der Waals surface area contributed by atoms with Crippen LogP contribution in [0, 0.1) is 0 Å². The van der Waals surface area contributed by atoms with Crippen molar-refractivity contribution in [1.29, 1.82) is 0 Å². The molecule has 1 fully saturated rings. The predicted molar refractivity (Wildman–Crippen MR) is 76.3 cm³/mol. The quantitative estimate of drug-likeness (QED) is 0.910. The van der Waals surface area contributed by atoms with Gasteiger partial charge in [-0.1, -0.05) is 12.1 Å². The summed E-state index contributed by atoms with van der Waals surface area (Å²) in [6.45, 7) is 1.68. The molecule has 2 aromatic rings. The molecule has 1 aliphatic heterocycles. The lowest BCUT2D eigenvalue weighted by Crippen LogP contribution is -2.32. The van der Waals surface area contributed by atoms with E-state index < -0.39 is 0 Å². The highest BCUT2D eigenvalue weighted by atomic mass is 16.2. The average molecular weight is 271 g/mol.